The molecule has 0 bridgehead atoms. The van der Waals surface area contributed by atoms with Crippen LogP contribution in [0.2, 0.25) is 0 Å². The first-order chi connectivity index (χ1) is 11.2. The minimum atomic E-state index is -0.287. The monoisotopic (exact) mass is 328 g/mol. The van der Waals surface area contributed by atoms with Gasteiger partial charge >= 0.3 is 0 Å². The van der Waals surface area contributed by atoms with Gasteiger partial charge < -0.3 is 20.1 Å². The molecule has 0 aromatic heterocycles. The van der Waals surface area contributed by atoms with Gasteiger partial charge in [-0.3, -0.25) is 0 Å². The lowest BCUT2D eigenvalue weighted by Gasteiger charge is -2.32. The van der Waals surface area contributed by atoms with Crippen LogP contribution < -0.4 is 10.1 Å². The molecular weight excluding hydrogens is 308 g/mol. The van der Waals surface area contributed by atoms with Gasteiger partial charge in [-0.1, -0.05) is 18.2 Å². The molecule has 1 unspecified atom stereocenters. The van der Waals surface area contributed by atoms with E-state index in [1.807, 2.05) is 59.5 Å². The van der Waals surface area contributed by atoms with Crippen molar-refractivity contribution in [2.45, 2.75) is 18.9 Å². The maximum atomic E-state index is 9.73. The van der Waals surface area contributed by atoms with Crippen molar-refractivity contribution in [2.24, 2.45) is 0 Å². The highest BCUT2D eigenvalue weighted by molar-refractivity contribution is 7.80. The molecule has 2 N–H and O–H groups in total. The van der Waals surface area contributed by atoms with Crippen LogP contribution in [0.4, 0.5) is 5.69 Å². The van der Waals surface area contributed by atoms with Gasteiger partial charge in [-0.25, -0.2) is 0 Å². The Balaban J connectivity index is 1.58. The van der Waals surface area contributed by atoms with Crippen molar-refractivity contribution in [3.05, 3.63) is 54.6 Å². The van der Waals surface area contributed by atoms with Gasteiger partial charge in [-0.05, 0) is 61.5 Å². The molecule has 0 aliphatic carbocycles. The summed E-state index contributed by atoms with van der Waals surface area (Å²) in [6.45, 7) is 1.49. The third-order valence-corrected chi connectivity index (χ3v) is 4.13. The number of piperidine rings is 1. The normalized spacial score (nSPS) is 17.6. The predicted octanol–water partition coefficient (Wildman–Crippen LogP) is 3.63. The lowest BCUT2D eigenvalue weighted by atomic mass is 10.1. The molecule has 2 aromatic carbocycles. The molecule has 120 valence electrons. The Labute approximate surface area is 141 Å². The minimum absolute atomic E-state index is 0.287. The number of aliphatic hydroxyl groups excluding tert-OH is 1. The van der Waals surface area contributed by atoms with Crippen molar-refractivity contribution < 1.29 is 9.84 Å². The number of hydrogen-bond acceptors (Lipinski definition) is 3. The standard InChI is InChI=1S/C18H20N2O2S/c21-15-5-4-12-20(13-15)18(23)19-14-8-10-17(11-9-14)22-16-6-2-1-3-7-16/h1-3,6-11,15,21H,4-5,12-13H2,(H,19,23). The van der Waals surface area contributed by atoms with Crippen molar-refractivity contribution in [1.82, 2.24) is 4.90 Å². The van der Waals surface area contributed by atoms with Crippen molar-refractivity contribution in [3.63, 3.8) is 0 Å². The average Bonchev–Trinajstić information content (AvgIpc) is 2.57. The van der Waals surface area contributed by atoms with Crippen LogP contribution in [-0.4, -0.2) is 34.3 Å². The molecule has 1 saturated heterocycles. The Morgan fingerprint density at radius 1 is 1.09 bits per heavy atom. The second kappa shape index (κ2) is 7.44. The highest BCUT2D eigenvalue weighted by Gasteiger charge is 2.19. The Bertz CT molecular complexity index is 646. The van der Waals surface area contributed by atoms with Crippen molar-refractivity contribution in [3.8, 4) is 11.5 Å². The van der Waals surface area contributed by atoms with Gasteiger partial charge in [0.05, 0.1) is 6.10 Å². The Kier molecular flexibility index (Phi) is 5.10. The van der Waals surface area contributed by atoms with Gasteiger partial charge in [-0.15, -0.1) is 0 Å². The molecule has 1 aliphatic rings. The summed E-state index contributed by atoms with van der Waals surface area (Å²) >= 11 is 5.42. The van der Waals surface area contributed by atoms with Crippen LogP contribution in [0.3, 0.4) is 0 Å². The summed E-state index contributed by atoms with van der Waals surface area (Å²) < 4.78 is 5.76. The van der Waals surface area contributed by atoms with E-state index < -0.39 is 0 Å². The van der Waals surface area contributed by atoms with E-state index in [0.29, 0.717) is 11.7 Å². The number of likely N-dealkylation sites (tertiary alicyclic amines) is 1. The van der Waals surface area contributed by atoms with Gasteiger partial charge in [-0.2, -0.15) is 0 Å². The zero-order valence-corrected chi connectivity index (χ0v) is 13.6. The van der Waals surface area contributed by atoms with E-state index in [4.69, 9.17) is 17.0 Å². The Morgan fingerprint density at radius 3 is 2.48 bits per heavy atom. The maximum Gasteiger partial charge on any atom is 0.173 e. The van der Waals surface area contributed by atoms with E-state index in [0.717, 1.165) is 36.6 Å². The number of benzene rings is 2. The highest BCUT2D eigenvalue weighted by Crippen LogP contribution is 2.23. The quantitative estimate of drug-likeness (QED) is 0.843. The molecule has 1 aliphatic heterocycles. The average molecular weight is 328 g/mol. The number of β-amino-alcohol motifs (C(OH)–C–C–N with tert-alkyl or cyclic N) is 1. The molecule has 3 rings (SSSR count). The number of nitrogens with zero attached hydrogens (tertiary/aromatic N) is 1. The number of thiocarbonyl (C=S) groups is 1. The first-order valence-electron chi connectivity index (χ1n) is 7.78. The van der Waals surface area contributed by atoms with Crippen LogP contribution in [0.1, 0.15) is 12.8 Å². The van der Waals surface area contributed by atoms with Crippen LogP contribution in [-0.2, 0) is 0 Å². The third kappa shape index (κ3) is 4.43. The van der Waals surface area contributed by atoms with Crippen LogP contribution in [0.5, 0.6) is 11.5 Å². The number of nitrogens with one attached hydrogen (secondary N) is 1. The topological polar surface area (TPSA) is 44.7 Å². The number of rotatable bonds is 3. The SMILES string of the molecule is OC1CCCN(C(=S)Nc2ccc(Oc3ccccc3)cc2)C1. The van der Waals surface area contributed by atoms with Gasteiger partial charge in [0, 0.05) is 18.8 Å². The molecule has 4 nitrogen and oxygen atoms in total. The number of aliphatic hydroxyl groups is 1. The molecule has 1 fully saturated rings. The second-order valence-corrected chi connectivity index (χ2v) is 6.00. The Morgan fingerprint density at radius 2 is 1.78 bits per heavy atom. The molecule has 0 radical (unpaired) electrons. The predicted molar refractivity (Wildman–Crippen MR) is 96.0 cm³/mol. The zero-order valence-electron chi connectivity index (χ0n) is 12.8. The molecule has 0 saturated carbocycles. The summed E-state index contributed by atoms with van der Waals surface area (Å²) in [7, 11) is 0. The van der Waals surface area contributed by atoms with Crippen LogP contribution in [0, 0.1) is 0 Å². The molecule has 0 spiro atoms. The maximum absolute atomic E-state index is 9.73. The van der Waals surface area contributed by atoms with E-state index in [1.54, 1.807) is 0 Å². The van der Waals surface area contributed by atoms with E-state index in [9.17, 15) is 5.11 Å². The molecule has 5 heteroatoms. The highest BCUT2D eigenvalue weighted by atomic mass is 32.1. The summed E-state index contributed by atoms with van der Waals surface area (Å²) in [5, 5.41) is 13.6. The molecule has 0 amide bonds. The number of para-hydroxylation sites is 1. The molecule has 1 atom stereocenters. The first-order valence-corrected chi connectivity index (χ1v) is 8.18. The summed E-state index contributed by atoms with van der Waals surface area (Å²) in [5.41, 5.74) is 0.912. The molecule has 2 aromatic rings. The van der Waals surface area contributed by atoms with Gasteiger partial charge in [0.25, 0.3) is 0 Å². The summed E-state index contributed by atoms with van der Waals surface area (Å²) in [6, 6.07) is 17.4. The number of ether oxygens (including phenoxy) is 1. The van der Waals surface area contributed by atoms with Crippen LogP contribution in [0.25, 0.3) is 0 Å². The van der Waals surface area contributed by atoms with E-state index in [2.05, 4.69) is 5.32 Å². The molecule has 1 heterocycles. The van der Waals surface area contributed by atoms with Crippen LogP contribution in [0.15, 0.2) is 54.6 Å². The smallest absolute Gasteiger partial charge is 0.173 e. The van der Waals surface area contributed by atoms with Crippen molar-refractivity contribution in [1.29, 1.82) is 0 Å². The summed E-state index contributed by atoms with van der Waals surface area (Å²) in [5.74, 6) is 1.59. The third-order valence-electron chi connectivity index (χ3n) is 3.77. The fourth-order valence-electron chi connectivity index (χ4n) is 2.57. The number of hydrogen-bond donors (Lipinski definition) is 2. The van der Waals surface area contributed by atoms with Crippen molar-refractivity contribution in [2.75, 3.05) is 18.4 Å². The first kappa shape index (κ1) is 15.8. The lowest BCUT2D eigenvalue weighted by molar-refractivity contribution is 0.104. The van der Waals surface area contributed by atoms with E-state index >= 15 is 0 Å². The number of anilines is 1. The van der Waals surface area contributed by atoms with Gasteiger partial charge in [0.15, 0.2) is 5.11 Å². The van der Waals surface area contributed by atoms with Gasteiger partial charge in [0.2, 0.25) is 0 Å². The van der Waals surface area contributed by atoms with E-state index in [1.165, 1.54) is 0 Å². The zero-order chi connectivity index (χ0) is 16.1. The fraction of sp³-hybridized carbons (Fsp3) is 0.278. The minimum Gasteiger partial charge on any atom is -0.457 e. The van der Waals surface area contributed by atoms with Crippen LogP contribution >= 0.6 is 12.2 Å². The van der Waals surface area contributed by atoms with Crippen molar-refractivity contribution >= 4 is 23.0 Å². The molecule has 23 heavy (non-hydrogen) atoms. The lowest BCUT2D eigenvalue weighted by Crippen LogP contribution is -2.44. The Hall–Kier alpha value is -2.11. The van der Waals surface area contributed by atoms with Gasteiger partial charge in [0.1, 0.15) is 11.5 Å². The second-order valence-electron chi connectivity index (χ2n) is 5.61. The fourth-order valence-corrected chi connectivity index (χ4v) is 2.86. The summed E-state index contributed by atoms with van der Waals surface area (Å²) in [6.07, 6.45) is 1.53. The summed E-state index contributed by atoms with van der Waals surface area (Å²) in [4.78, 5) is 2.01. The molecular formula is C18H20N2O2S. The largest absolute Gasteiger partial charge is 0.457 e. The van der Waals surface area contributed by atoms with E-state index in [-0.39, 0.29) is 6.10 Å².